The topological polar surface area (TPSA) is 71.2 Å². The molecule has 1 heterocycles. The number of hydrogen-bond donors (Lipinski definition) is 2. The summed E-state index contributed by atoms with van der Waals surface area (Å²) in [6, 6.07) is 17.6. The molecular formula is C24H28N2O3. The molecule has 3 aromatic rings. The molecule has 0 bridgehead atoms. The van der Waals surface area contributed by atoms with Crippen LogP contribution in [0.5, 0.6) is 5.75 Å². The van der Waals surface area contributed by atoms with Gasteiger partial charge in [0.05, 0.1) is 6.61 Å². The SMILES string of the molecule is CC(C)c1ccc2[nH]c(=O)c(CCNC(=O)CCCOc3ccccc3)cc2c1. The summed E-state index contributed by atoms with van der Waals surface area (Å²) in [5.41, 5.74) is 2.67. The fourth-order valence-electron chi connectivity index (χ4n) is 3.18. The monoisotopic (exact) mass is 392 g/mol. The van der Waals surface area contributed by atoms with E-state index >= 15 is 0 Å². The van der Waals surface area contributed by atoms with Gasteiger partial charge in [-0.3, -0.25) is 9.59 Å². The minimum atomic E-state index is -0.0969. The number of fused-ring (bicyclic) bond motifs is 1. The molecule has 3 rings (SSSR count). The van der Waals surface area contributed by atoms with Crippen LogP contribution in [0, 0.1) is 0 Å². The molecule has 2 aromatic carbocycles. The summed E-state index contributed by atoms with van der Waals surface area (Å²) in [4.78, 5) is 27.2. The quantitative estimate of drug-likeness (QED) is 0.537. The Bertz CT molecular complexity index is 1010. The second-order valence-electron chi connectivity index (χ2n) is 7.49. The minimum absolute atomic E-state index is 0.0269. The van der Waals surface area contributed by atoms with E-state index in [1.807, 2.05) is 48.5 Å². The molecule has 0 saturated carbocycles. The molecule has 5 nitrogen and oxygen atoms in total. The molecular weight excluding hydrogens is 364 g/mol. The van der Waals surface area contributed by atoms with Crippen molar-refractivity contribution in [1.82, 2.24) is 10.3 Å². The van der Waals surface area contributed by atoms with Crippen LogP contribution < -0.4 is 15.6 Å². The van der Waals surface area contributed by atoms with Crippen molar-refractivity contribution in [3.63, 3.8) is 0 Å². The molecule has 0 atom stereocenters. The van der Waals surface area contributed by atoms with Crippen LogP contribution in [0.4, 0.5) is 0 Å². The number of benzene rings is 2. The summed E-state index contributed by atoms with van der Waals surface area (Å²) in [6.07, 6.45) is 1.55. The first kappa shape index (κ1) is 20.6. The van der Waals surface area contributed by atoms with Crippen LogP contribution in [0.25, 0.3) is 10.9 Å². The molecule has 5 heteroatoms. The zero-order chi connectivity index (χ0) is 20.6. The van der Waals surface area contributed by atoms with Crippen molar-refractivity contribution >= 4 is 16.8 Å². The van der Waals surface area contributed by atoms with Gasteiger partial charge >= 0.3 is 0 Å². The molecule has 1 aromatic heterocycles. The van der Waals surface area contributed by atoms with Gasteiger partial charge in [0.1, 0.15) is 5.75 Å². The summed E-state index contributed by atoms with van der Waals surface area (Å²) in [7, 11) is 0. The van der Waals surface area contributed by atoms with Crippen LogP contribution in [0.1, 0.15) is 43.7 Å². The summed E-state index contributed by atoms with van der Waals surface area (Å²) >= 11 is 0. The van der Waals surface area contributed by atoms with Crippen molar-refractivity contribution < 1.29 is 9.53 Å². The third-order valence-electron chi connectivity index (χ3n) is 4.89. The molecule has 0 radical (unpaired) electrons. The Labute approximate surface area is 171 Å². The molecule has 0 spiro atoms. The molecule has 152 valence electrons. The maximum atomic E-state index is 12.3. The van der Waals surface area contributed by atoms with Crippen LogP contribution in [-0.4, -0.2) is 24.0 Å². The first-order chi connectivity index (χ1) is 14.0. The lowest BCUT2D eigenvalue weighted by Gasteiger charge is -2.09. The van der Waals surface area contributed by atoms with Gasteiger partial charge in [-0.2, -0.15) is 0 Å². The van der Waals surface area contributed by atoms with Crippen molar-refractivity contribution in [2.24, 2.45) is 0 Å². The molecule has 0 fully saturated rings. The van der Waals surface area contributed by atoms with Gasteiger partial charge in [0.25, 0.3) is 5.56 Å². The Morgan fingerprint density at radius 3 is 2.66 bits per heavy atom. The number of carbonyl (C=O) groups is 1. The van der Waals surface area contributed by atoms with Crippen molar-refractivity contribution in [3.8, 4) is 5.75 Å². The van der Waals surface area contributed by atoms with Crippen LogP contribution in [0.3, 0.4) is 0 Å². The zero-order valence-corrected chi connectivity index (χ0v) is 17.0. The van der Waals surface area contributed by atoms with E-state index in [-0.39, 0.29) is 11.5 Å². The number of para-hydroxylation sites is 1. The molecule has 0 saturated heterocycles. The number of H-pyrrole nitrogens is 1. The largest absolute Gasteiger partial charge is 0.494 e. The predicted octanol–water partition coefficient (Wildman–Crippen LogP) is 4.17. The lowest BCUT2D eigenvalue weighted by molar-refractivity contribution is -0.121. The number of carbonyl (C=O) groups excluding carboxylic acids is 1. The molecule has 1 amide bonds. The average Bonchev–Trinajstić information content (AvgIpc) is 2.72. The van der Waals surface area contributed by atoms with Crippen molar-refractivity contribution in [2.45, 2.75) is 39.0 Å². The van der Waals surface area contributed by atoms with Crippen LogP contribution in [0.15, 0.2) is 59.4 Å². The van der Waals surface area contributed by atoms with E-state index in [9.17, 15) is 9.59 Å². The van der Waals surface area contributed by atoms with Gasteiger partial charge in [-0.25, -0.2) is 0 Å². The van der Waals surface area contributed by atoms with Crippen molar-refractivity contribution in [2.75, 3.05) is 13.2 Å². The maximum absolute atomic E-state index is 12.3. The van der Waals surface area contributed by atoms with E-state index in [0.29, 0.717) is 43.9 Å². The number of ether oxygens (including phenoxy) is 1. The van der Waals surface area contributed by atoms with Crippen molar-refractivity contribution in [1.29, 1.82) is 0 Å². The number of nitrogens with one attached hydrogen (secondary N) is 2. The van der Waals surface area contributed by atoms with Crippen LogP contribution in [0.2, 0.25) is 0 Å². The van der Waals surface area contributed by atoms with E-state index in [1.54, 1.807) is 0 Å². The number of rotatable bonds is 9. The smallest absolute Gasteiger partial charge is 0.251 e. The predicted molar refractivity (Wildman–Crippen MR) is 117 cm³/mol. The number of pyridine rings is 1. The molecule has 29 heavy (non-hydrogen) atoms. The Hall–Kier alpha value is -3.08. The number of aromatic amines is 1. The van der Waals surface area contributed by atoms with Crippen LogP contribution >= 0.6 is 0 Å². The summed E-state index contributed by atoms with van der Waals surface area (Å²) in [6.45, 7) is 5.24. The van der Waals surface area contributed by atoms with Crippen LogP contribution in [-0.2, 0) is 11.2 Å². The summed E-state index contributed by atoms with van der Waals surface area (Å²) in [5.74, 6) is 1.21. The zero-order valence-electron chi connectivity index (χ0n) is 17.0. The Kier molecular flexibility index (Phi) is 7.06. The second kappa shape index (κ2) is 9.92. The van der Waals surface area contributed by atoms with E-state index in [2.05, 4.69) is 30.2 Å². The fourth-order valence-corrected chi connectivity index (χ4v) is 3.18. The fraction of sp³-hybridized carbons (Fsp3) is 0.333. The van der Waals surface area contributed by atoms with Crippen molar-refractivity contribution in [3.05, 3.63) is 76.1 Å². The highest BCUT2D eigenvalue weighted by atomic mass is 16.5. The third kappa shape index (κ3) is 5.95. The Morgan fingerprint density at radius 1 is 1.10 bits per heavy atom. The molecule has 0 unspecified atom stereocenters. The highest BCUT2D eigenvalue weighted by molar-refractivity contribution is 5.80. The normalized spacial score (nSPS) is 11.0. The summed E-state index contributed by atoms with van der Waals surface area (Å²) < 4.78 is 5.59. The summed E-state index contributed by atoms with van der Waals surface area (Å²) in [5, 5.41) is 3.91. The Morgan fingerprint density at radius 2 is 1.90 bits per heavy atom. The highest BCUT2D eigenvalue weighted by Crippen LogP contribution is 2.20. The van der Waals surface area contributed by atoms with E-state index in [1.165, 1.54) is 5.56 Å². The lowest BCUT2D eigenvalue weighted by Crippen LogP contribution is -2.27. The van der Waals surface area contributed by atoms with Gasteiger partial charge in [-0.1, -0.05) is 38.1 Å². The standard InChI is InChI=1S/C24H28N2O3/c1-17(2)18-10-11-22-20(15-18)16-19(24(28)26-22)12-13-25-23(27)9-6-14-29-21-7-4-3-5-8-21/h3-5,7-8,10-11,15-17H,6,9,12-14H2,1-2H3,(H,25,27)(H,26,28). The molecule has 0 aliphatic rings. The maximum Gasteiger partial charge on any atom is 0.251 e. The first-order valence-electron chi connectivity index (χ1n) is 10.1. The minimum Gasteiger partial charge on any atom is -0.494 e. The van der Waals surface area contributed by atoms with Gasteiger partial charge in [-0.05, 0) is 60.0 Å². The average molecular weight is 392 g/mol. The first-order valence-corrected chi connectivity index (χ1v) is 10.1. The molecule has 0 aliphatic heterocycles. The molecule has 2 N–H and O–H groups in total. The second-order valence-corrected chi connectivity index (χ2v) is 7.49. The van der Waals surface area contributed by atoms with Gasteiger partial charge in [0.2, 0.25) is 5.91 Å². The Balaban J connectivity index is 1.46. The lowest BCUT2D eigenvalue weighted by atomic mass is 10.0. The van der Waals surface area contributed by atoms with Gasteiger partial charge in [0.15, 0.2) is 0 Å². The number of amides is 1. The van der Waals surface area contributed by atoms with Gasteiger partial charge < -0.3 is 15.0 Å². The third-order valence-corrected chi connectivity index (χ3v) is 4.89. The molecule has 0 aliphatic carbocycles. The number of hydrogen-bond acceptors (Lipinski definition) is 3. The van der Waals surface area contributed by atoms with E-state index < -0.39 is 0 Å². The van der Waals surface area contributed by atoms with Gasteiger partial charge in [-0.15, -0.1) is 0 Å². The van der Waals surface area contributed by atoms with Gasteiger partial charge in [0, 0.05) is 24.0 Å². The van der Waals surface area contributed by atoms with E-state index in [0.717, 1.165) is 16.7 Å². The highest BCUT2D eigenvalue weighted by Gasteiger charge is 2.07. The van der Waals surface area contributed by atoms with E-state index in [4.69, 9.17) is 4.74 Å². The number of aromatic nitrogens is 1.